The van der Waals surface area contributed by atoms with E-state index in [-0.39, 0.29) is 11.8 Å². The van der Waals surface area contributed by atoms with E-state index in [1.165, 1.54) is 6.07 Å². The van der Waals surface area contributed by atoms with Crippen LogP contribution in [0.25, 0.3) is 0 Å². The molecule has 7 nitrogen and oxygen atoms in total. The number of hydrogen-bond donors (Lipinski definition) is 0. The molecule has 1 rings (SSSR count). The number of rotatable bonds is 8. The number of unbranched alkanes of at least 4 members (excludes halogenated alkanes) is 2. The van der Waals surface area contributed by atoms with Gasteiger partial charge in [0.1, 0.15) is 5.60 Å². The van der Waals surface area contributed by atoms with Gasteiger partial charge in [0.05, 0.1) is 23.4 Å². The molecule has 0 unspecified atom stereocenters. The molecule has 0 amide bonds. The summed E-state index contributed by atoms with van der Waals surface area (Å²) in [5.41, 5.74) is 0.417. The highest BCUT2D eigenvalue weighted by Crippen LogP contribution is 2.14. The average Bonchev–Trinajstić information content (AvgIpc) is 2.79. The molecule has 22 heavy (non-hydrogen) atoms. The fourth-order valence-electron chi connectivity index (χ4n) is 2.11. The summed E-state index contributed by atoms with van der Waals surface area (Å²) in [6.45, 7) is 8.12. The lowest BCUT2D eigenvalue weighted by atomic mass is 10.1. The van der Waals surface area contributed by atoms with Gasteiger partial charge in [0.2, 0.25) is 0 Å². The van der Waals surface area contributed by atoms with Crippen molar-refractivity contribution in [1.29, 1.82) is 0 Å². The third-order valence-corrected chi connectivity index (χ3v) is 3.07. The van der Waals surface area contributed by atoms with Crippen LogP contribution in [0, 0.1) is 10.1 Å². The van der Waals surface area contributed by atoms with Gasteiger partial charge in [0, 0.05) is 6.42 Å². The number of nitrogens with zero attached hydrogens (tertiary/aromatic N) is 3. The molecular formula is C15H25N3O4. The molecule has 0 bridgehead atoms. The third-order valence-electron chi connectivity index (χ3n) is 3.07. The van der Waals surface area contributed by atoms with Crippen LogP contribution in [0.2, 0.25) is 0 Å². The first-order chi connectivity index (χ1) is 10.2. The van der Waals surface area contributed by atoms with Crippen LogP contribution < -0.4 is 0 Å². The van der Waals surface area contributed by atoms with Crippen molar-refractivity contribution in [2.24, 2.45) is 0 Å². The number of nitro groups is 1. The first kappa shape index (κ1) is 18.1. The van der Waals surface area contributed by atoms with Gasteiger partial charge in [-0.2, -0.15) is 4.68 Å². The summed E-state index contributed by atoms with van der Waals surface area (Å²) in [5.74, 6) is -0.290. The first-order valence-corrected chi connectivity index (χ1v) is 7.66. The standard InChI is InChI=1S/C15H25N3O4/c1-5-12-11-13(18(20)21)16-17(12)10-8-6-7-9-14(19)22-15(2,3)4/h11H,5-10H2,1-4H3. The van der Waals surface area contributed by atoms with E-state index in [1.54, 1.807) is 4.68 Å². The normalized spacial score (nSPS) is 11.5. The van der Waals surface area contributed by atoms with Crippen LogP contribution in [0.4, 0.5) is 5.82 Å². The van der Waals surface area contributed by atoms with Gasteiger partial charge in [0.15, 0.2) is 0 Å². The summed E-state index contributed by atoms with van der Waals surface area (Å²) in [4.78, 5) is 21.8. The fourth-order valence-corrected chi connectivity index (χ4v) is 2.11. The second-order valence-corrected chi connectivity index (χ2v) is 6.22. The van der Waals surface area contributed by atoms with E-state index in [9.17, 15) is 14.9 Å². The maximum atomic E-state index is 11.6. The summed E-state index contributed by atoms with van der Waals surface area (Å²) in [6.07, 6.45) is 3.54. The van der Waals surface area contributed by atoms with E-state index in [4.69, 9.17) is 4.74 Å². The smallest absolute Gasteiger partial charge is 0.390 e. The van der Waals surface area contributed by atoms with Crippen molar-refractivity contribution in [1.82, 2.24) is 9.78 Å². The second kappa shape index (κ2) is 7.91. The van der Waals surface area contributed by atoms with Crippen LogP contribution in [-0.2, 0) is 22.5 Å². The Kier molecular flexibility index (Phi) is 6.52. The Labute approximate surface area is 130 Å². The molecule has 0 aliphatic rings. The Morgan fingerprint density at radius 3 is 2.59 bits per heavy atom. The molecule has 0 saturated heterocycles. The molecule has 0 aromatic carbocycles. The number of carbonyl (C=O) groups excluding carboxylic acids is 1. The van der Waals surface area contributed by atoms with Gasteiger partial charge in [-0.05, 0) is 45.0 Å². The third kappa shape index (κ3) is 6.24. The molecular weight excluding hydrogens is 286 g/mol. The molecule has 124 valence electrons. The number of carbonyl (C=O) groups is 1. The number of esters is 1. The summed E-state index contributed by atoms with van der Waals surface area (Å²) in [6, 6.07) is 1.51. The number of hydrogen-bond acceptors (Lipinski definition) is 5. The van der Waals surface area contributed by atoms with Gasteiger partial charge in [0.25, 0.3) is 0 Å². The lowest BCUT2D eigenvalue weighted by molar-refractivity contribution is -0.389. The molecule has 0 atom stereocenters. The van der Waals surface area contributed by atoms with Crippen LogP contribution in [-0.4, -0.2) is 26.3 Å². The Morgan fingerprint density at radius 2 is 2.05 bits per heavy atom. The maximum absolute atomic E-state index is 11.6. The Morgan fingerprint density at radius 1 is 1.36 bits per heavy atom. The average molecular weight is 311 g/mol. The van der Waals surface area contributed by atoms with Crippen molar-refractivity contribution in [2.75, 3.05) is 0 Å². The van der Waals surface area contributed by atoms with E-state index in [0.29, 0.717) is 19.4 Å². The van der Waals surface area contributed by atoms with E-state index in [0.717, 1.165) is 25.0 Å². The number of aromatic nitrogens is 2. The molecule has 0 N–H and O–H groups in total. The van der Waals surface area contributed by atoms with Crippen molar-refractivity contribution in [2.45, 2.75) is 71.9 Å². The molecule has 1 heterocycles. The number of aryl methyl sites for hydroxylation is 2. The van der Waals surface area contributed by atoms with Crippen molar-refractivity contribution in [3.8, 4) is 0 Å². The molecule has 1 aromatic heterocycles. The lowest BCUT2D eigenvalue weighted by Gasteiger charge is -2.19. The van der Waals surface area contributed by atoms with E-state index in [2.05, 4.69) is 5.10 Å². The second-order valence-electron chi connectivity index (χ2n) is 6.22. The highest BCUT2D eigenvalue weighted by molar-refractivity contribution is 5.69. The van der Waals surface area contributed by atoms with E-state index >= 15 is 0 Å². The highest BCUT2D eigenvalue weighted by atomic mass is 16.6. The van der Waals surface area contributed by atoms with Crippen molar-refractivity contribution >= 4 is 11.8 Å². The molecule has 0 fully saturated rings. The van der Waals surface area contributed by atoms with Gasteiger partial charge in [-0.3, -0.25) is 4.79 Å². The Balaban J connectivity index is 2.33. The van der Waals surface area contributed by atoms with Crippen molar-refractivity contribution < 1.29 is 14.5 Å². The molecule has 7 heteroatoms. The predicted molar refractivity (Wildman–Crippen MR) is 82.6 cm³/mol. The van der Waals surface area contributed by atoms with Crippen molar-refractivity contribution in [3.05, 3.63) is 21.9 Å². The summed E-state index contributed by atoms with van der Waals surface area (Å²) in [7, 11) is 0. The molecule has 1 aromatic rings. The highest BCUT2D eigenvalue weighted by Gasteiger charge is 2.17. The van der Waals surface area contributed by atoms with Crippen LogP contribution in [0.1, 0.15) is 59.1 Å². The van der Waals surface area contributed by atoms with E-state index < -0.39 is 10.5 Å². The van der Waals surface area contributed by atoms with Gasteiger partial charge < -0.3 is 14.9 Å². The quantitative estimate of drug-likeness (QED) is 0.318. The molecule has 0 spiro atoms. The zero-order valence-corrected chi connectivity index (χ0v) is 13.8. The van der Waals surface area contributed by atoms with Gasteiger partial charge >= 0.3 is 11.8 Å². The Hall–Kier alpha value is -1.92. The minimum Gasteiger partial charge on any atom is -0.460 e. The zero-order chi connectivity index (χ0) is 16.8. The van der Waals surface area contributed by atoms with Gasteiger partial charge in [-0.1, -0.05) is 13.3 Å². The SMILES string of the molecule is CCc1cc([N+](=O)[O-])nn1CCCCCC(=O)OC(C)(C)C. The Bertz CT molecular complexity index is 517. The first-order valence-electron chi connectivity index (χ1n) is 7.66. The summed E-state index contributed by atoms with van der Waals surface area (Å²) < 4.78 is 6.92. The summed E-state index contributed by atoms with van der Waals surface area (Å²) in [5, 5.41) is 14.7. The molecule has 0 aliphatic heterocycles. The van der Waals surface area contributed by atoms with Crippen molar-refractivity contribution in [3.63, 3.8) is 0 Å². The van der Waals surface area contributed by atoms with Gasteiger partial charge in [-0.25, -0.2) is 0 Å². The molecule has 0 aliphatic carbocycles. The minimum absolute atomic E-state index is 0.106. The molecule has 0 radical (unpaired) electrons. The maximum Gasteiger partial charge on any atom is 0.390 e. The van der Waals surface area contributed by atoms with Gasteiger partial charge in [-0.15, -0.1) is 0 Å². The van der Waals surface area contributed by atoms with Crippen LogP contribution in [0.5, 0.6) is 0 Å². The topological polar surface area (TPSA) is 87.3 Å². The number of ether oxygens (including phenoxy) is 1. The van der Waals surface area contributed by atoms with E-state index in [1.807, 2.05) is 27.7 Å². The monoisotopic (exact) mass is 311 g/mol. The zero-order valence-electron chi connectivity index (χ0n) is 13.8. The lowest BCUT2D eigenvalue weighted by Crippen LogP contribution is -2.23. The summed E-state index contributed by atoms with van der Waals surface area (Å²) >= 11 is 0. The molecule has 0 saturated carbocycles. The van der Waals surface area contributed by atoms with Crippen LogP contribution in [0.15, 0.2) is 6.07 Å². The minimum atomic E-state index is -0.474. The van der Waals surface area contributed by atoms with Crippen LogP contribution >= 0.6 is 0 Å². The fraction of sp³-hybridized carbons (Fsp3) is 0.733. The largest absolute Gasteiger partial charge is 0.460 e. The van der Waals surface area contributed by atoms with Crippen LogP contribution in [0.3, 0.4) is 0 Å². The predicted octanol–water partition coefficient (Wildman–Crippen LogP) is 3.26.